The average Bonchev–Trinajstić information content (AvgIpc) is 3.63. The third-order valence-corrected chi connectivity index (χ3v) is 7.45. The number of aromatic nitrogens is 1. The van der Waals surface area contributed by atoms with Gasteiger partial charge in [-0.15, -0.1) is 0 Å². The predicted octanol–water partition coefficient (Wildman–Crippen LogP) is 6.78. The zero-order chi connectivity index (χ0) is 28.0. The number of nitrogens with zero attached hydrogens (tertiary/aromatic N) is 2. The molecule has 0 fully saturated rings. The molecule has 3 aromatic carbocycles. The van der Waals surface area contributed by atoms with E-state index in [4.69, 9.17) is 23.8 Å². The van der Waals surface area contributed by atoms with E-state index in [0.717, 1.165) is 22.4 Å². The van der Waals surface area contributed by atoms with Gasteiger partial charge in [-0.05, 0) is 62.6 Å². The summed E-state index contributed by atoms with van der Waals surface area (Å²) < 4.78 is 38.4. The third-order valence-electron chi connectivity index (χ3n) is 7.45. The molecule has 40 heavy (non-hydrogen) atoms. The SMILES string of the molecule is Cc1noc(C)c1-c1ccc(Oc2ccc(F)c3c2CCC3Oc2ccc3c(c2)OCC3CC(=O)O)c(C#N)c1. The van der Waals surface area contributed by atoms with E-state index in [1.54, 1.807) is 30.3 Å². The number of benzene rings is 3. The molecule has 4 aromatic rings. The number of fused-ring (bicyclic) bond motifs is 2. The van der Waals surface area contributed by atoms with Crippen LogP contribution < -0.4 is 14.2 Å². The summed E-state index contributed by atoms with van der Waals surface area (Å²) in [6.45, 7) is 3.96. The van der Waals surface area contributed by atoms with E-state index in [0.29, 0.717) is 64.9 Å². The van der Waals surface area contributed by atoms with E-state index >= 15 is 4.39 Å². The van der Waals surface area contributed by atoms with E-state index in [2.05, 4.69) is 11.2 Å². The summed E-state index contributed by atoms with van der Waals surface area (Å²) in [5, 5.41) is 23.0. The van der Waals surface area contributed by atoms with Gasteiger partial charge in [0.1, 0.15) is 46.7 Å². The number of carboxylic acids is 1. The minimum atomic E-state index is -0.879. The molecule has 2 unspecified atom stereocenters. The zero-order valence-electron chi connectivity index (χ0n) is 21.9. The Labute approximate surface area is 229 Å². The van der Waals surface area contributed by atoms with Crippen molar-refractivity contribution in [1.82, 2.24) is 5.16 Å². The summed E-state index contributed by atoms with van der Waals surface area (Å²) in [5.41, 5.74) is 4.65. The second kappa shape index (κ2) is 10.0. The molecule has 2 atom stereocenters. The summed E-state index contributed by atoms with van der Waals surface area (Å²) >= 11 is 0. The van der Waals surface area contributed by atoms with Crippen molar-refractivity contribution >= 4 is 5.97 Å². The number of aryl methyl sites for hydroxylation is 2. The smallest absolute Gasteiger partial charge is 0.304 e. The monoisotopic (exact) mass is 540 g/mol. The van der Waals surface area contributed by atoms with Gasteiger partial charge in [0.25, 0.3) is 0 Å². The number of carbonyl (C=O) groups is 1. The first-order valence-corrected chi connectivity index (χ1v) is 12.9. The Morgan fingerprint density at radius 2 is 2.00 bits per heavy atom. The lowest BCUT2D eigenvalue weighted by Gasteiger charge is -2.17. The number of carboxylic acid groups (broad SMARTS) is 1. The molecular formula is C31H25FN2O6. The standard InChI is InChI=1S/C31H25FN2O6/c1-16-30(17(2)40-34-16)18-3-8-25(19(11-18)14-33)39-26-10-7-24(32)31-23(26)6-9-27(31)38-21-4-5-22-20(12-29(35)36)15-37-28(22)13-21/h3-5,7-8,10-11,13,20,27H,6,9,12,15H2,1-2H3,(H,35,36). The zero-order valence-corrected chi connectivity index (χ0v) is 21.9. The molecule has 2 heterocycles. The van der Waals surface area contributed by atoms with Crippen molar-refractivity contribution in [2.45, 2.75) is 45.1 Å². The van der Waals surface area contributed by atoms with Gasteiger partial charge in [-0.2, -0.15) is 5.26 Å². The molecular weight excluding hydrogens is 515 g/mol. The predicted molar refractivity (Wildman–Crippen MR) is 141 cm³/mol. The first kappa shape index (κ1) is 25.4. The van der Waals surface area contributed by atoms with Gasteiger partial charge in [-0.25, -0.2) is 4.39 Å². The Morgan fingerprint density at radius 3 is 2.75 bits per heavy atom. The second-order valence-corrected chi connectivity index (χ2v) is 10.0. The van der Waals surface area contributed by atoms with Crippen molar-refractivity contribution in [2.24, 2.45) is 0 Å². The lowest BCUT2D eigenvalue weighted by molar-refractivity contribution is -0.137. The van der Waals surface area contributed by atoms with E-state index in [9.17, 15) is 10.1 Å². The summed E-state index contributed by atoms with van der Waals surface area (Å²) in [7, 11) is 0. The van der Waals surface area contributed by atoms with Gasteiger partial charge in [0, 0.05) is 34.2 Å². The highest BCUT2D eigenvalue weighted by Crippen LogP contribution is 2.45. The van der Waals surface area contributed by atoms with Crippen molar-refractivity contribution in [3.63, 3.8) is 0 Å². The van der Waals surface area contributed by atoms with Crippen molar-refractivity contribution in [3.05, 3.63) is 88.1 Å². The first-order chi connectivity index (χ1) is 19.3. The molecule has 0 bridgehead atoms. The van der Waals surface area contributed by atoms with Crippen LogP contribution in [-0.4, -0.2) is 22.8 Å². The van der Waals surface area contributed by atoms with Gasteiger partial charge in [-0.3, -0.25) is 4.79 Å². The Morgan fingerprint density at radius 1 is 1.18 bits per heavy atom. The van der Waals surface area contributed by atoms with Crippen LogP contribution >= 0.6 is 0 Å². The molecule has 9 heteroatoms. The molecule has 1 aromatic heterocycles. The number of nitriles is 1. The molecule has 1 N–H and O–H groups in total. The van der Waals surface area contributed by atoms with Crippen molar-refractivity contribution in [3.8, 4) is 40.2 Å². The van der Waals surface area contributed by atoms with E-state index < -0.39 is 17.9 Å². The Hall–Kier alpha value is -4.84. The number of hydrogen-bond donors (Lipinski definition) is 1. The van der Waals surface area contributed by atoms with Gasteiger partial charge in [0.2, 0.25) is 0 Å². The number of halogens is 1. The molecule has 2 aliphatic rings. The van der Waals surface area contributed by atoms with E-state index in [-0.39, 0.29) is 12.3 Å². The molecule has 0 amide bonds. The normalized spacial score (nSPS) is 17.1. The minimum Gasteiger partial charge on any atom is -0.492 e. The molecule has 1 aliphatic carbocycles. The van der Waals surface area contributed by atoms with Crippen LogP contribution in [0.1, 0.15) is 58.6 Å². The van der Waals surface area contributed by atoms with Gasteiger partial charge >= 0.3 is 5.97 Å². The molecule has 0 saturated heterocycles. The lowest BCUT2D eigenvalue weighted by atomic mass is 9.98. The number of ether oxygens (including phenoxy) is 3. The topological polar surface area (TPSA) is 115 Å². The fourth-order valence-corrected chi connectivity index (χ4v) is 5.61. The summed E-state index contributed by atoms with van der Waals surface area (Å²) in [6.07, 6.45) is 0.536. The largest absolute Gasteiger partial charge is 0.492 e. The Bertz CT molecular complexity index is 1670. The molecule has 6 rings (SSSR count). The van der Waals surface area contributed by atoms with Crippen molar-refractivity contribution in [1.29, 1.82) is 5.26 Å². The van der Waals surface area contributed by atoms with Crippen LogP contribution in [0.5, 0.6) is 23.0 Å². The molecule has 0 spiro atoms. The van der Waals surface area contributed by atoms with E-state index in [1.807, 2.05) is 26.0 Å². The second-order valence-electron chi connectivity index (χ2n) is 10.0. The van der Waals surface area contributed by atoms with Crippen LogP contribution in [-0.2, 0) is 11.2 Å². The highest BCUT2D eigenvalue weighted by atomic mass is 19.1. The van der Waals surface area contributed by atoms with Gasteiger partial charge in [0.05, 0.1) is 24.3 Å². The summed E-state index contributed by atoms with van der Waals surface area (Å²) in [5.74, 6) is 1.12. The van der Waals surface area contributed by atoms with Gasteiger partial charge < -0.3 is 23.8 Å². The lowest BCUT2D eigenvalue weighted by Crippen LogP contribution is -2.07. The first-order valence-electron chi connectivity index (χ1n) is 12.9. The van der Waals surface area contributed by atoms with Crippen LogP contribution in [0.25, 0.3) is 11.1 Å². The van der Waals surface area contributed by atoms with Crippen LogP contribution in [0.3, 0.4) is 0 Å². The molecule has 8 nitrogen and oxygen atoms in total. The maximum absolute atomic E-state index is 15.1. The molecule has 0 radical (unpaired) electrons. The van der Waals surface area contributed by atoms with Crippen LogP contribution in [0.4, 0.5) is 4.39 Å². The summed E-state index contributed by atoms with van der Waals surface area (Å²) in [6, 6.07) is 15.7. The average molecular weight is 541 g/mol. The van der Waals surface area contributed by atoms with Crippen LogP contribution in [0.2, 0.25) is 0 Å². The minimum absolute atomic E-state index is 0.00670. The fourth-order valence-electron chi connectivity index (χ4n) is 5.61. The maximum Gasteiger partial charge on any atom is 0.304 e. The number of aliphatic carboxylic acids is 1. The van der Waals surface area contributed by atoms with Crippen molar-refractivity contribution < 1.29 is 33.0 Å². The molecule has 0 saturated carbocycles. The highest BCUT2D eigenvalue weighted by molar-refractivity contribution is 5.71. The quantitative estimate of drug-likeness (QED) is 0.273. The Balaban J connectivity index is 1.25. The van der Waals surface area contributed by atoms with Crippen LogP contribution in [0.15, 0.2) is 53.1 Å². The molecule has 1 aliphatic heterocycles. The highest BCUT2D eigenvalue weighted by Gasteiger charge is 2.32. The van der Waals surface area contributed by atoms with Crippen LogP contribution in [0, 0.1) is 31.0 Å². The van der Waals surface area contributed by atoms with Crippen molar-refractivity contribution in [2.75, 3.05) is 6.61 Å². The Kier molecular flexibility index (Phi) is 6.39. The van der Waals surface area contributed by atoms with E-state index in [1.165, 1.54) is 6.07 Å². The van der Waals surface area contributed by atoms with Gasteiger partial charge in [0.15, 0.2) is 0 Å². The number of hydrogen-bond acceptors (Lipinski definition) is 7. The number of rotatable bonds is 7. The third kappa shape index (κ3) is 4.51. The van der Waals surface area contributed by atoms with Gasteiger partial charge in [-0.1, -0.05) is 17.3 Å². The maximum atomic E-state index is 15.1. The summed E-state index contributed by atoms with van der Waals surface area (Å²) in [4.78, 5) is 11.1. The molecule has 202 valence electrons. The fraction of sp³-hybridized carbons (Fsp3) is 0.258.